The number of hydrogen-bond donors (Lipinski definition) is 0. The lowest BCUT2D eigenvalue weighted by Crippen LogP contribution is -2.31. The molecule has 0 aliphatic rings. The molecule has 0 fully saturated rings. The van der Waals surface area contributed by atoms with Crippen molar-refractivity contribution < 1.29 is 21.6 Å². The van der Waals surface area contributed by atoms with Crippen molar-refractivity contribution in [2.24, 2.45) is 0 Å². The number of rotatable bonds is 6. The van der Waals surface area contributed by atoms with Gasteiger partial charge in [-0.15, -0.1) is 0 Å². The molecule has 0 spiro atoms. The van der Waals surface area contributed by atoms with E-state index in [1.165, 1.54) is 13.0 Å². The highest BCUT2D eigenvalue weighted by atomic mass is 127. The van der Waals surface area contributed by atoms with Gasteiger partial charge in [-0.1, -0.05) is 18.5 Å². The van der Waals surface area contributed by atoms with Crippen LogP contribution in [0.15, 0.2) is 12.1 Å². The summed E-state index contributed by atoms with van der Waals surface area (Å²) < 4.78 is 59.5. The Morgan fingerprint density at radius 3 is 2.60 bits per heavy atom. The summed E-state index contributed by atoms with van der Waals surface area (Å²) in [6, 6.07) is 2.28. The van der Waals surface area contributed by atoms with Gasteiger partial charge >= 0.3 is 0 Å². The maximum Gasteiger partial charge on any atom is 0.151 e. The van der Waals surface area contributed by atoms with Crippen LogP contribution in [-0.4, -0.2) is 35.2 Å². The van der Waals surface area contributed by atoms with E-state index in [1.54, 1.807) is 22.6 Å². The van der Waals surface area contributed by atoms with Gasteiger partial charge in [0.25, 0.3) is 0 Å². The first-order chi connectivity index (χ1) is 9.19. The summed E-state index contributed by atoms with van der Waals surface area (Å²) in [6.45, 7) is 1.20. The highest BCUT2D eigenvalue weighted by Crippen LogP contribution is 2.32. The molecule has 5 nitrogen and oxygen atoms in total. The van der Waals surface area contributed by atoms with E-state index in [-0.39, 0.29) is 32.3 Å². The third-order valence-corrected chi connectivity index (χ3v) is 6.69. The van der Waals surface area contributed by atoms with Crippen LogP contribution >= 0.6 is 34.2 Å². The largest absolute Gasteiger partial charge is 0.755 e. The molecule has 0 aromatic heterocycles. The first kappa shape index (κ1) is 18.1. The molecule has 0 N–H and O–H groups in total. The molecule has 114 valence electrons. The molecule has 0 amide bonds. The van der Waals surface area contributed by atoms with E-state index in [0.717, 1.165) is 10.4 Å². The van der Waals surface area contributed by atoms with Crippen LogP contribution in [0.25, 0.3) is 0 Å². The van der Waals surface area contributed by atoms with Gasteiger partial charge in [0.1, 0.15) is 5.82 Å². The first-order valence-corrected chi connectivity index (χ1v) is 9.71. The van der Waals surface area contributed by atoms with E-state index >= 15 is 0 Å². The number of nitrogens with zero attached hydrogens (tertiary/aromatic N) is 1. The van der Waals surface area contributed by atoms with Gasteiger partial charge in [0.2, 0.25) is 0 Å². The minimum absolute atomic E-state index is 0.0529. The van der Waals surface area contributed by atoms with E-state index < -0.39 is 26.9 Å². The van der Waals surface area contributed by atoms with Crippen molar-refractivity contribution in [2.45, 2.75) is 6.92 Å². The molecule has 0 aliphatic carbocycles. The molecule has 0 bridgehead atoms. The van der Waals surface area contributed by atoms with Crippen LogP contribution in [-0.2, 0) is 21.1 Å². The third kappa shape index (κ3) is 4.52. The topological polar surface area (TPSA) is 77.5 Å². The van der Waals surface area contributed by atoms with Gasteiger partial charge in [-0.3, -0.25) is 4.21 Å². The Balaban J connectivity index is 3.10. The maximum absolute atomic E-state index is 13.3. The molecule has 1 atom stereocenters. The number of hydrogen-bond acceptors (Lipinski definition) is 4. The minimum Gasteiger partial charge on any atom is -0.755 e. The summed E-state index contributed by atoms with van der Waals surface area (Å²) in [4.78, 5) is 0. The van der Waals surface area contributed by atoms with Crippen LogP contribution in [0.4, 0.5) is 10.1 Å². The fourth-order valence-electron chi connectivity index (χ4n) is 1.35. The normalized spacial score (nSPS) is 13.2. The SMILES string of the molecule is CCS(=O)(=O)CCN(c1ccc(F)c(I)c1Cl)S(=O)[O-]. The molecule has 0 aliphatic heterocycles. The summed E-state index contributed by atoms with van der Waals surface area (Å²) in [5, 5.41) is -0.0660. The predicted molar refractivity (Wildman–Crippen MR) is 84.7 cm³/mol. The lowest BCUT2D eigenvalue weighted by Gasteiger charge is -2.27. The maximum atomic E-state index is 13.3. The lowest BCUT2D eigenvalue weighted by molar-refractivity contribution is 0.532. The molecule has 0 saturated carbocycles. The summed E-state index contributed by atoms with van der Waals surface area (Å²) in [5.41, 5.74) is 0.0529. The first-order valence-electron chi connectivity index (χ1n) is 5.40. The van der Waals surface area contributed by atoms with Gasteiger partial charge in [-0.2, -0.15) is 0 Å². The van der Waals surface area contributed by atoms with E-state index in [9.17, 15) is 21.6 Å². The number of benzene rings is 1. The highest BCUT2D eigenvalue weighted by Gasteiger charge is 2.18. The Kier molecular flexibility index (Phi) is 6.64. The monoisotopic (exact) mass is 454 g/mol. The average molecular weight is 455 g/mol. The highest BCUT2D eigenvalue weighted by molar-refractivity contribution is 14.1. The van der Waals surface area contributed by atoms with Crippen LogP contribution < -0.4 is 4.31 Å². The van der Waals surface area contributed by atoms with Gasteiger partial charge in [0.05, 0.1) is 20.0 Å². The Hall–Kier alpha value is 0.0300. The Bertz CT molecular complexity index is 626. The third-order valence-electron chi connectivity index (χ3n) is 2.51. The molecule has 10 heteroatoms. The average Bonchev–Trinajstić information content (AvgIpc) is 2.38. The number of sulfone groups is 1. The van der Waals surface area contributed by atoms with Crippen molar-refractivity contribution in [1.29, 1.82) is 0 Å². The van der Waals surface area contributed by atoms with Crippen molar-refractivity contribution in [3.05, 3.63) is 26.5 Å². The Labute approximate surface area is 138 Å². The molecular formula is C10H11ClFINO4S2-. The fraction of sp³-hybridized carbons (Fsp3) is 0.400. The Morgan fingerprint density at radius 2 is 2.10 bits per heavy atom. The van der Waals surface area contributed by atoms with E-state index in [0.29, 0.717) is 0 Å². The minimum atomic E-state index is -3.32. The molecule has 1 unspecified atom stereocenters. The van der Waals surface area contributed by atoms with Crippen molar-refractivity contribution in [3.63, 3.8) is 0 Å². The van der Waals surface area contributed by atoms with Gasteiger partial charge in [0.15, 0.2) is 9.84 Å². The smallest absolute Gasteiger partial charge is 0.151 e. The summed E-state index contributed by atoms with van der Waals surface area (Å²) in [5.74, 6) is -0.986. The van der Waals surface area contributed by atoms with Crippen LogP contribution in [0.5, 0.6) is 0 Å². The van der Waals surface area contributed by atoms with Crippen LogP contribution in [0.1, 0.15) is 6.92 Å². The summed E-state index contributed by atoms with van der Waals surface area (Å²) >= 11 is 4.85. The molecule has 0 radical (unpaired) electrons. The van der Waals surface area contributed by atoms with E-state index in [4.69, 9.17) is 11.6 Å². The second kappa shape index (κ2) is 7.34. The number of anilines is 1. The molecule has 1 rings (SSSR count). The van der Waals surface area contributed by atoms with Crippen molar-refractivity contribution >= 4 is 61.0 Å². The quantitative estimate of drug-likeness (QED) is 0.375. The van der Waals surface area contributed by atoms with Gasteiger partial charge in [-0.05, 0) is 34.7 Å². The second-order valence-electron chi connectivity index (χ2n) is 3.75. The van der Waals surface area contributed by atoms with Crippen LogP contribution in [0, 0.1) is 9.39 Å². The summed E-state index contributed by atoms with van der Waals surface area (Å²) in [7, 11) is -3.32. The van der Waals surface area contributed by atoms with Crippen molar-refractivity contribution in [1.82, 2.24) is 0 Å². The molecule has 0 saturated heterocycles. The zero-order valence-corrected chi connectivity index (χ0v) is 14.9. The summed E-state index contributed by atoms with van der Waals surface area (Å²) in [6.07, 6.45) is 0. The predicted octanol–water partition coefficient (Wildman–Crippen LogP) is 2.12. The molecular weight excluding hydrogens is 444 g/mol. The zero-order chi connectivity index (χ0) is 15.5. The van der Waals surface area contributed by atoms with Crippen LogP contribution in [0.3, 0.4) is 0 Å². The van der Waals surface area contributed by atoms with Gasteiger partial charge in [-0.25, -0.2) is 12.8 Å². The van der Waals surface area contributed by atoms with Crippen LogP contribution in [0.2, 0.25) is 5.02 Å². The van der Waals surface area contributed by atoms with E-state index in [1.807, 2.05) is 0 Å². The molecule has 1 aromatic carbocycles. The molecule has 0 heterocycles. The standard InChI is InChI=1S/C10H12ClFINO4S2/c1-2-20(17,18)6-5-14(19(15)16)8-4-3-7(12)10(13)9(8)11/h3-4H,2,5-6H2,1H3,(H,15,16)/p-1. The van der Waals surface area contributed by atoms with Gasteiger partial charge < -0.3 is 8.86 Å². The zero-order valence-electron chi connectivity index (χ0n) is 10.3. The van der Waals surface area contributed by atoms with Crippen molar-refractivity contribution in [2.75, 3.05) is 22.4 Å². The fourth-order valence-corrected chi connectivity index (χ4v) is 3.53. The molecule has 1 aromatic rings. The molecule has 20 heavy (non-hydrogen) atoms. The van der Waals surface area contributed by atoms with Crippen molar-refractivity contribution in [3.8, 4) is 0 Å². The lowest BCUT2D eigenvalue weighted by atomic mass is 10.3. The second-order valence-corrected chi connectivity index (χ2v) is 8.55. The van der Waals surface area contributed by atoms with E-state index in [2.05, 4.69) is 0 Å². The number of halogens is 3. The Morgan fingerprint density at radius 1 is 1.50 bits per heavy atom. The van der Waals surface area contributed by atoms with Gasteiger partial charge in [0, 0.05) is 23.6 Å².